The van der Waals surface area contributed by atoms with Crippen molar-refractivity contribution in [3.05, 3.63) is 70.5 Å². The van der Waals surface area contributed by atoms with Gasteiger partial charge < -0.3 is 9.84 Å². The fourth-order valence-electron chi connectivity index (χ4n) is 5.22. The predicted molar refractivity (Wildman–Crippen MR) is 126 cm³/mol. The summed E-state index contributed by atoms with van der Waals surface area (Å²) in [5.41, 5.74) is 5.45. The number of phenolic OH excluding ortho intramolecular Hbond substituents is 1. The molecule has 1 aliphatic rings. The molecule has 0 saturated heterocycles. The van der Waals surface area contributed by atoms with Crippen molar-refractivity contribution in [1.82, 2.24) is 23.9 Å². The molecule has 8 heteroatoms. The van der Waals surface area contributed by atoms with Crippen LogP contribution < -0.4 is 10.4 Å². The van der Waals surface area contributed by atoms with Gasteiger partial charge in [0.25, 0.3) is 0 Å². The number of hydrogen-bond acceptors (Lipinski definition) is 5. The van der Waals surface area contributed by atoms with E-state index < -0.39 is 0 Å². The monoisotopic (exact) mass is 441 g/mol. The highest BCUT2D eigenvalue weighted by atomic mass is 16.5. The van der Waals surface area contributed by atoms with Crippen molar-refractivity contribution in [3.63, 3.8) is 0 Å². The Morgan fingerprint density at radius 1 is 1.18 bits per heavy atom. The summed E-state index contributed by atoms with van der Waals surface area (Å²) in [6.07, 6.45) is 6.94. The van der Waals surface area contributed by atoms with Crippen molar-refractivity contribution in [2.75, 3.05) is 7.11 Å². The SMILES string of the molecule is COc1cc2ncc3c(c2c(O)c1-c1cnn(C)c1)n(C1CCc2ccccc21)c(=O)n3C. The Balaban J connectivity index is 1.75. The quantitative estimate of drug-likeness (QED) is 0.463. The van der Waals surface area contributed by atoms with E-state index in [1.165, 1.54) is 5.56 Å². The van der Waals surface area contributed by atoms with Gasteiger partial charge >= 0.3 is 5.69 Å². The molecule has 5 aromatic rings. The number of fused-ring (bicyclic) bond motifs is 4. The highest BCUT2D eigenvalue weighted by molar-refractivity contribution is 6.10. The van der Waals surface area contributed by atoms with Gasteiger partial charge in [-0.15, -0.1) is 0 Å². The number of aromatic hydroxyl groups is 1. The molecule has 33 heavy (non-hydrogen) atoms. The van der Waals surface area contributed by atoms with Crippen LogP contribution in [0, 0.1) is 0 Å². The first-order chi connectivity index (χ1) is 16.0. The molecule has 0 bridgehead atoms. The Morgan fingerprint density at radius 2 is 2.00 bits per heavy atom. The van der Waals surface area contributed by atoms with E-state index in [1.54, 1.807) is 41.9 Å². The molecule has 0 fully saturated rings. The minimum Gasteiger partial charge on any atom is -0.506 e. The maximum atomic E-state index is 13.5. The third kappa shape index (κ3) is 2.67. The van der Waals surface area contributed by atoms with Crippen LogP contribution in [0.1, 0.15) is 23.6 Å². The fraction of sp³-hybridized carbons (Fsp3) is 0.240. The lowest BCUT2D eigenvalue weighted by molar-refractivity contribution is 0.411. The molecule has 1 atom stereocenters. The number of phenols is 1. The Bertz CT molecular complexity index is 1630. The molecule has 0 saturated carbocycles. The second-order valence-corrected chi connectivity index (χ2v) is 8.56. The average molecular weight is 441 g/mol. The van der Waals surface area contributed by atoms with E-state index in [0.717, 1.165) is 24.0 Å². The van der Waals surface area contributed by atoms with Crippen molar-refractivity contribution in [3.8, 4) is 22.6 Å². The van der Waals surface area contributed by atoms with Crippen molar-refractivity contribution in [1.29, 1.82) is 0 Å². The highest BCUT2D eigenvalue weighted by Gasteiger charge is 2.30. The maximum Gasteiger partial charge on any atom is 0.329 e. The van der Waals surface area contributed by atoms with Crippen LogP contribution in [0.5, 0.6) is 11.5 Å². The third-order valence-corrected chi connectivity index (χ3v) is 6.77. The van der Waals surface area contributed by atoms with Crippen LogP contribution in [0.4, 0.5) is 0 Å². The number of ether oxygens (including phenoxy) is 1. The highest BCUT2D eigenvalue weighted by Crippen LogP contribution is 2.46. The van der Waals surface area contributed by atoms with Crippen LogP contribution in [0.3, 0.4) is 0 Å². The molecule has 0 radical (unpaired) electrons. The van der Waals surface area contributed by atoms with Gasteiger partial charge in [-0.3, -0.25) is 18.8 Å². The van der Waals surface area contributed by atoms with E-state index in [2.05, 4.69) is 22.2 Å². The minimum absolute atomic E-state index is 0.0288. The Kier molecular flexibility index (Phi) is 4.14. The summed E-state index contributed by atoms with van der Waals surface area (Å²) in [5, 5.41) is 16.4. The van der Waals surface area contributed by atoms with Gasteiger partial charge in [0.05, 0.1) is 53.0 Å². The molecule has 1 aliphatic carbocycles. The van der Waals surface area contributed by atoms with Crippen molar-refractivity contribution in [2.24, 2.45) is 14.1 Å². The van der Waals surface area contributed by atoms with Crippen molar-refractivity contribution < 1.29 is 9.84 Å². The zero-order valence-electron chi connectivity index (χ0n) is 18.6. The number of hydrogen-bond donors (Lipinski definition) is 1. The summed E-state index contributed by atoms with van der Waals surface area (Å²) < 4.78 is 10.7. The summed E-state index contributed by atoms with van der Waals surface area (Å²) in [6.45, 7) is 0. The second-order valence-electron chi connectivity index (χ2n) is 8.56. The summed E-state index contributed by atoms with van der Waals surface area (Å²) in [5.74, 6) is 0.525. The van der Waals surface area contributed by atoms with E-state index >= 15 is 0 Å². The number of benzene rings is 2. The van der Waals surface area contributed by atoms with Gasteiger partial charge in [0.2, 0.25) is 0 Å². The van der Waals surface area contributed by atoms with Gasteiger partial charge in [0.15, 0.2) is 0 Å². The molecule has 8 nitrogen and oxygen atoms in total. The van der Waals surface area contributed by atoms with Gasteiger partial charge in [-0.2, -0.15) is 5.10 Å². The van der Waals surface area contributed by atoms with Crippen LogP contribution in [0.15, 0.2) is 53.7 Å². The first kappa shape index (κ1) is 19.6. The van der Waals surface area contributed by atoms with Crippen molar-refractivity contribution >= 4 is 21.9 Å². The first-order valence-electron chi connectivity index (χ1n) is 10.9. The standard InChI is InChI=1S/C25H23N5O3/c1-28-13-15(11-27-28)21-20(33-3)10-17-22(24(21)31)23-19(12-26-17)29(2)25(32)30(23)18-9-8-14-6-4-5-7-16(14)18/h4-7,10-13,18,31H,8-9H2,1-3H3. The number of aryl methyl sites for hydroxylation is 3. The van der Waals surface area contributed by atoms with Crippen LogP contribution in [0.25, 0.3) is 33.1 Å². The fourth-order valence-corrected chi connectivity index (χ4v) is 5.22. The van der Waals surface area contributed by atoms with E-state index in [1.807, 2.05) is 29.9 Å². The molecule has 3 aromatic heterocycles. The Morgan fingerprint density at radius 3 is 2.76 bits per heavy atom. The van der Waals surface area contributed by atoms with Crippen LogP contribution >= 0.6 is 0 Å². The van der Waals surface area contributed by atoms with Crippen LogP contribution in [-0.4, -0.2) is 36.1 Å². The van der Waals surface area contributed by atoms with Crippen LogP contribution in [0.2, 0.25) is 0 Å². The van der Waals surface area contributed by atoms with E-state index in [4.69, 9.17) is 4.74 Å². The number of nitrogens with zero attached hydrogens (tertiary/aromatic N) is 5. The molecule has 0 spiro atoms. The molecule has 0 amide bonds. The zero-order valence-corrected chi connectivity index (χ0v) is 18.6. The topological polar surface area (TPSA) is 87.1 Å². The summed E-state index contributed by atoms with van der Waals surface area (Å²) in [6, 6.07) is 9.95. The molecule has 1 unspecified atom stereocenters. The van der Waals surface area contributed by atoms with E-state index in [9.17, 15) is 9.90 Å². The molecule has 0 aliphatic heterocycles. The van der Waals surface area contributed by atoms with Crippen molar-refractivity contribution in [2.45, 2.75) is 18.9 Å². The van der Waals surface area contributed by atoms with Gasteiger partial charge in [-0.1, -0.05) is 24.3 Å². The maximum absolute atomic E-state index is 13.5. The lowest BCUT2D eigenvalue weighted by Crippen LogP contribution is -2.25. The minimum atomic E-state index is -0.126. The molecule has 166 valence electrons. The molecule has 2 aromatic carbocycles. The largest absolute Gasteiger partial charge is 0.506 e. The number of rotatable bonds is 3. The summed E-state index contributed by atoms with van der Waals surface area (Å²) in [4.78, 5) is 18.1. The predicted octanol–water partition coefficient (Wildman–Crippen LogP) is 3.54. The van der Waals surface area contributed by atoms with Gasteiger partial charge in [0.1, 0.15) is 11.5 Å². The van der Waals surface area contributed by atoms with Crippen LogP contribution in [-0.2, 0) is 20.5 Å². The molecule has 3 heterocycles. The number of imidazole rings is 1. The first-order valence-corrected chi connectivity index (χ1v) is 10.9. The van der Waals surface area contributed by atoms with Gasteiger partial charge in [-0.25, -0.2) is 4.79 Å². The van der Waals surface area contributed by atoms with Gasteiger partial charge in [-0.05, 0) is 24.0 Å². The van der Waals surface area contributed by atoms with E-state index in [-0.39, 0.29) is 17.5 Å². The zero-order chi connectivity index (χ0) is 22.9. The number of aromatic nitrogens is 5. The number of pyridine rings is 1. The smallest absolute Gasteiger partial charge is 0.329 e. The summed E-state index contributed by atoms with van der Waals surface area (Å²) >= 11 is 0. The van der Waals surface area contributed by atoms with Gasteiger partial charge in [0, 0.05) is 31.9 Å². The summed E-state index contributed by atoms with van der Waals surface area (Å²) in [7, 11) is 5.13. The Hall–Kier alpha value is -4.07. The molecule has 1 N–H and O–H groups in total. The average Bonchev–Trinajstić information content (AvgIpc) is 3.50. The Labute approximate surface area is 189 Å². The molecular weight excluding hydrogens is 418 g/mol. The molecule has 6 rings (SSSR count). The normalized spacial score (nSPS) is 15.4. The second kappa shape index (κ2) is 6.96. The lowest BCUT2D eigenvalue weighted by Gasteiger charge is -2.17. The number of methoxy groups -OCH3 is 1. The van der Waals surface area contributed by atoms with E-state index in [0.29, 0.717) is 33.2 Å². The molecular formula is C25H23N5O3. The third-order valence-electron chi connectivity index (χ3n) is 6.77. The lowest BCUT2D eigenvalue weighted by atomic mass is 10.0.